The molecule has 2 N–H and O–H groups in total. The summed E-state index contributed by atoms with van der Waals surface area (Å²) in [6.07, 6.45) is 3.47. The Bertz CT molecular complexity index is 227. The Morgan fingerprint density at radius 3 is 2.67 bits per heavy atom. The van der Waals surface area contributed by atoms with Crippen LogP contribution in [0.1, 0.15) is 30.0 Å². The zero-order chi connectivity index (χ0) is 8.97. The topological polar surface area (TPSA) is 26.0 Å². The Morgan fingerprint density at radius 2 is 2.08 bits per heavy atom. The van der Waals surface area contributed by atoms with Gasteiger partial charge in [0, 0.05) is 15.8 Å². The molecule has 0 aromatic carbocycles. The highest BCUT2D eigenvalue weighted by Crippen LogP contribution is 2.18. The van der Waals surface area contributed by atoms with Gasteiger partial charge >= 0.3 is 0 Å². The first-order chi connectivity index (χ1) is 5.72. The SMILES string of the molecule is CCCc1ccc(C[C@@H](C)N)s1. The summed E-state index contributed by atoms with van der Waals surface area (Å²) in [7, 11) is 0. The van der Waals surface area contributed by atoms with Gasteiger partial charge in [0.1, 0.15) is 0 Å². The standard InChI is InChI=1S/C10H17NS/c1-3-4-9-5-6-10(12-9)7-8(2)11/h5-6,8H,3-4,7,11H2,1-2H3/t8-/m1/s1. The number of aryl methyl sites for hydroxylation is 1. The normalized spacial score (nSPS) is 13.2. The van der Waals surface area contributed by atoms with Gasteiger partial charge in [-0.2, -0.15) is 0 Å². The van der Waals surface area contributed by atoms with Gasteiger partial charge in [0.05, 0.1) is 0 Å². The summed E-state index contributed by atoms with van der Waals surface area (Å²) in [5, 5.41) is 0. The van der Waals surface area contributed by atoms with Crippen LogP contribution in [0.3, 0.4) is 0 Å². The van der Waals surface area contributed by atoms with Crippen LogP contribution in [0.15, 0.2) is 12.1 Å². The van der Waals surface area contributed by atoms with Gasteiger partial charge in [0.2, 0.25) is 0 Å². The lowest BCUT2D eigenvalue weighted by Crippen LogP contribution is -2.16. The minimum Gasteiger partial charge on any atom is -0.328 e. The van der Waals surface area contributed by atoms with Gasteiger partial charge in [-0.25, -0.2) is 0 Å². The van der Waals surface area contributed by atoms with Crippen molar-refractivity contribution in [3.8, 4) is 0 Å². The maximum atomic E-state index is 5.71. The van der Waals surface area contributed by atoms with Crippen LogP contribution in [0, 0.1) is 0 Å². The molecule has 0 aliphatic carbocycles. The zero-order valence-electron chi connectivity index (χ0n) is 7.84. The number of thiophene rings is 1. The molecule has 0 saturated heterocycles. The molecule has 0 unspecified atom stereocenters. The molecule has 0 bridgehead atoms. The molecule has 1 rings (SSSR count). The molecule has 1 nitrogen and oxygen atoms in total. The van der Waals surface area contributed by atoms with Crippen molar-refractivity contribution in [3.63, 3.8) is 0 Å². The second kappa shape index (κ2) is 4.63. The molecular weight excluding hydrogens is 166 g/mol. The van der Waals surface area contributed by atoms with Gasteiger partial charge < -0.3 is 5.73 Å². The molecule has 0 aliphatic heterocycles. The number of rotatable bonds is 4. The minimum absolute atomic E-state index is 0.290. The Kier molecular flexibility index (Phi) is 3.76. The third-order valence-corrected chi connectivity index (χ3v) is 2.90. The maximum absolute atomic E-state index is 5.71. The Hall–Kier alpha value is -0.340. The van der Waals surface area contributed by atoms with Crippen molar-refractivity contribution in [2.45, 2.75) is 39.2 Å². The molecule has 2 heteroatoms. The van der Waals surface area contributed by atoms with E-state index in [2.05, 4.69) is 26.0 Å². The summed E-state index contributed by atoms with van der Waals surface area (Å²) in [5.41, 5.74) is 5.71. The van der Waals surface area contributed by atoms with Gasteiger partial charge in [0.15, 0.2) is 0 Å². The molecular formula is C10H17NS. The van der Waals surface area contributed by atoms with E-state index in [0.717, 1.165) is 6.42 Å². The van der Waals surface area contributed by atoms with E-state index in [0.29, 0.717) is 0 Å². The lowest BCUT2D eigenvalue weighted by molar-refractivity contribution is 0.746. The molecule has 0 aliphatic rings. The molecule has 12 heavy (non-hydrogen) atoms. The van der Waals surface area contributed by atoms with Crippen molar-refractivity contribution < 1.29 is 0 Å². The third kappa shape index (κ3) is 2.95. The molecule has 1 heterocycles. The summed E-state index contributed by atoms with van der Waals surface area (Å²) in [4.78, 5) is 2.92. The maximum Gasteiger partial charge on any atom is 0.00634 e. The molecule has 0 amide bonds. The predicted molar refractivity (Wildman–Crippen MR) is 55.7 cm³/mol. The van der Waals surface area contributed by atoms with Gasteiger partial charge in [-0.05, 0) is 31.9 Å². The van der Waals surface area contributed by atoms with Crippen LogP contribution in [-0.4, -0.2) is 6.04 Å². The smallest absolute Gasteiger partial charge is 0.00634 e. The van der Waals surface area contributed by atoms with Crippen molar-refractivity contribution in [2.24, 2.45) is 5.73 Å². The third-order valence-electron chi connectivity index (χ3n) is 1.74. The molecule has 1 aromatic heterocycles. The molecule has 68 valence electrons. The van der Waals surface area contributed by atoms with Crippen LogP contribution in [-0.2, 0) is 12.8 Å². The zero-order valence-corrected chi connectivity index (χ0v) is 8.66. The number of hydrogen-bond donors (Lipinski definition) is 1. The van der Waals surface area contributed by atoms with E-state index in [-0.39, 0.29) is 6.04 Å². The van der Waals surface area contributed by atoms with E-state index in [1.54, 1.807) is 0 Å². The number of hydrogen-bond acceptors (Lipinski definition) is 2. The molecule has 0 saturated carbocycles. The molecule has 0 fully saturated rings. The first-order valence-electron chi connectivity index (χ1n) is 4.55. The van der Waals surface area contributed by atoms with Crippen LogP contribution in [0.4, 0.5) is 0 Å². The Balaban J connectivity index is 2.52. The molecule has 1 atom stereocenters. The van der Waals surface area contributed by atoms with E-state index in [1.807, 2.05) is 11.3 Å². The predicted octanol–water partition coefficient (Wildman–Crippen LogP) is 2.59. The number of nitrogens with two attached hydrogens (primary N) is 1. The lowest BCUT2D eigenvalue weighted by Gasteiger charge is -2.00. The lowest BCUT2D eigenvalue weighted by atomic mass is 10.2. The summed E-state index contributed by atoms with van der Waals surface area (Å²) in [6, 6.07) is 4.73. The second-order valence-electron chi connectivity index (χ2n) is 3.30. The Morgan fingerprint density at radius 1 is 1.42 bits per heavy atom. The van der Waals surface area contributed by atoms with Crippen molar-refractivity contribution >= 4 is 11.3 Å². The summed E-state index contributed by atoms with van der Waals surface area (Å²) < 4.78 is 0. The average molecular weight is 183 g/mol. The summed E-state index contributed by atoms with van der Waals surface area (Å²) >= 11 is 1.91. The average Bonchev–Trinajstić information content (AvgIpc) is 2.36. The fourth-order valence-corrected chi connectivity index (χ4v) is 2.49. The highest BCUT2D eigenvalue weighted by Gasteiger charge is 2.01. The summed E-state index contributed by atoms with van der Waals surface area (Å²) in [5.74, 6) is 0. The van der Waals surface area contributed by atoms with Crippen molar-refractivity contribution in [3.05, 3.63) is 21.9 Å². The summed E-state index contributed by atoms with van der Waals surface area (Å²) in [6.45, 7) is 4.27. The van der Waals surface area contributed by atoms with Gasteiger partial charge in [-0.3, -0.25) is 0 Å². The van der Waals surface area contributed by atoms with Crippen LogP contribution >= 0.6 is 11.3 Å². The van der Waals surface area contributed by atoms with Crippen LogP contribution < -0.4 is 5.73 Å². The largest absolute Gasteiger partial charge is 0.328 e. The highest BCUT2D eigenvalue weighted by molar-refractivity contribution is 7.11. The quantitative estimate of drug-likeness (QED) is 0.763. The fraction of sp³-hybridized carbons (Fsp3) is 0.600. The van der Waals surface area contributed by atoms with Gasteiger partial charge in [0.25, 0.3) is 0 Å². The first kappa shape index (κ1) is 9.75. The van der Waals surface area contributed by atoms with Crippen molar-refractivity contribution in [1.82, 2.24) is 0 Å². The van der Waals surface area contributed by atoms with Crippen LogP contribution in [0.5, 0.6) is 0 Å². The van der Waals surface area contributed by atoms with E-state index in [1.165, 1.54) is 22.6 Å². The van der Waals surface area contributed by atoms with Gasteiger partial charge in [-0.15, -0.1) is 11.3 Å². The molecule has 0 radical (unpaired) electrons. The monoisotopic (exact) mass is 183 g/mol. The second-order valence-corrected chi connectivity index (χ2v) is 4.55. The van der Waals surface area contributed by atoms with E-state index < -0.39 is 0 Å². The molecule has 0 spiro atoms. The van der Waals surface area contributed by atoms with Crippen LogP contribution in [0.25, 0.3) is 0 Å². The first-order valence-corrected chi connectivity index (χ1v) is 5.37. The van der Waals surface area contributed by atoms with Crippen molar-refractivity contribution in [2.75, 3.05) is 0 Å². The minimum atomic E-state index is 0.290. The fourth-order valence-electron chi connectivity index (χ4n) is 1.23. The highest BCUT2D eigenvalue weighted by atomic mass is 32.1. The van der Waals surface area contributed by atoms with Crippen molar-refractivity contribution in [1.29, 1.82) is 0 Å². The van der Waals surface area contributed by atoms with Gasteiger partial charge in [-0.1, -0.05) is 13.3 Å². The van der Waals surface area contributed by atoms with Crippen LogP contribution in [0.2, 0.25) is 0 Å². The van der Waals surface area contributed by atoms with E-state index in [4.69, 9.17) is 5.73 Å². The van der Waals surface area contributed by atoms with E-state index in [9.17, 15) is 0 Å². The van der Waals surface area contributed by atoms with E-state index >= 15 is 0 Å². The Labute approximate surface area is 78.6 Å². The molecule has 1 aromatic rings.